The number of fused-ring (bicyclic) bond motifs is 1. The Kier molecular flexibility index (Phi) is 5.10. The van der Waals surface area contributed by atoms with Crippen molar-refractivity contribution in [3.63, 3.8) is 0 Å². The van der Waals surface area contributed by atoms with E-state index in [0.717, 1.165) is 5.69 Å². The Morgan fingerprint density at radius 1 is 1.36 bits per heavy atom. The van der Waals surface area contributed by atoms with E-state index in [4.69, 9.17) is 9.47 Å². The van der Waals surface area contributed by atoms with Gasteiger partial charge in [-0.3, -0.25) is 4.79 Å². The fourth-order valence-corrected chi connectivity index (χ4v) is 2.94. The van der Waals surface area contributed by atoms with Gasteiger partial charge in [0.1, 0.15) is 16.3 Å². The van der Waals surface area contributed by atoms with Crippen LogP contribution in [0.15, 0.2) is 12.1 Å². The third-order valence-corrected chi connectivity index (χ3v) is 3.96. The molecule has 0 saturated carbocycles. The lowest BCUT2D eigenvalue weighted by atomic mass is 10.2. The molecular formula is C15H18N2O4S. The first-order valence-electron chi connectivity index (χ1n) is 6.82. The number of amides is 1. The fraction of sp³-hybridized carbons (Fsp3) is 0.400. The zero-order valence-electron chi connectivity index (χ0n) is 12.9. The summed E-state index contributed by atoms with van der Waals surface area (Å²) in [6.07, 6.45) is -0.0469. The van der Waals surface area contributed by atoms with Crippen LogP contribution >= 0.6 is 11.3 Å². The maximum absolute atomic E-state index is 12.0. The minimum atomic E-state index is -0.499. The molecule has 0 aliphatic rings. The molecule has 1 amide bonds. The first-order chi connectivity index (χ1) is 10.4. The van der Waals surface area contributed by atoms with Crippen molar-refractivity contribution in [1.29, 1.82) is 0 Å². The van der Waals surface area contributed by atoms with Crippen LogP contribution in [0.2, 0.25) is 0 Å². The van der Waals surface area contributed by atoms with Gasteiger partial charge < -0.3 is 14.8 Å². The third-order valence-electron chi connectivity index (χ3n) is 2.88. The Bertz CT molecular complexity index is 709. The summed E-state index contributed by atoms with van der Waals surface area (Å²) in [5.74, 6) is -0.820. The quantitative estimate of drug-likeness (QED) is 0.857. The number of rotatable bonds is 5. The van der Waals surface area contributed by atoms with Crippen LogP contribution in [-0.4, -0.2) is 36.7 Å². The van der Waals surface area contributed by atoms with Crippen LogP contribution in [0.3, 0.4) is 0 Å². The predicted molar refractivity (Wildman–Crippen MR) is 85.4 cm³/mol. The zero-order chi connectivity index (χ0) is 16.3. The fourth-order valence-electron chi connectivity index (χ4n) is 1.85. The van der Waals surface area contributed by atoms with E-state index in [-0.39, 0.29) is 18.6 Å². The highest BCUT2D eigenvalue weighted by Crippen LogP contribution is 2.35. The average molecular weight is 322 g/mol. The maximum Gasteiger partial charge on any atom is 0.350 e. The number of ether oxygens (including phenoxy) is 2. The van der Waals surface area contributed by atoms with Gasteiger partial charge in [0.2, 0.25) is 5.91 Å². The molecule has 2 aromatic rings. The van der Waals surface area contributed by atoms with Gasteiger partial charge in [0.25, 0.3) is 0 Å². The molecule has 0 aromatic carbocycles. The Hall–Kier alpha value is -1.99. The second-order valence-corrected chi connectivity index (χ2v) is 6.01. The lowest BCUT2D eigenvalue weighted by Gasteiger charge is -2.09. The molecule has 0 radical (unpaired) electrons. The molecule has 0 bridgehead atoms. The van der Waals surface area contributed by atoms with Crippen molar-refractivity contribution in [2.45, 2.75) is 26.9 Å². The standard InChI is InChI=1S/C15H18N2O4S/c1-8(2)21-7-11(18)17-12-10-6-5-9(3)16-14(10)22-13(12)15(19)20-4/h5-6,8H,7H2,1-4H3,(H,17,18). The molecule has 0 spiro atoms. The molecule has 0 atom stereocenters. The number of aryl methyl sites for hydroxylation is 1. The van der Waals surface area contributed by atoms with Gasteiger partial charge in [0, 0.05) is 11.1 Å². The van der Waals surface area contributed by atoms with Gasteiger partial charge in [-0.05, 0) is 32.9 Å². The lowest BCUT2D eigenvalue weighted by molar-refractivity contribution is -0.121. The third kappa shape index (κ3) is 3.61. The number of aromatic nitrogens is 1. The van der Waals surface area contributed by atoms with Crippen LogP contribution in [0.25, 0.3) is 10.2 Å². The summed E-state index contributed by atoms with van der Waals surface area (Å²) in [4.78, 5) is 29.3. The summed E-state index contributed by atoms with van der Waals surface area (Å²) in [5, 5.41) is 3.45. The van der Waals surface area contributed by atoms with E-state index in [1.54, 1.807) is 0 Å². The van der Waals surface area contributed by atoms with Crippen molar-refractivity contribution < 1.29 is 19.1 Å². The smallest absolute Gasteiger partial charge is 0.350 e. The molecular weight excluding hydrogens is 304 g/mol. The second-order valence-electron chi connectivity index (χ2n) is 5.01. The summed E-state index contributed by atoms with van der Waals surface area (Å²) in [6, 6.07) is 3.66. The van der Waals surface area contributed by atoms with Crippen molar-refractivity contribution in [3.8, 4) is 0 Å². The van der Waals surface area contributed by atoms with Crippen molar-refractivity contribution in [2.24, 2.45) is 0 Å². The Labute approximate surface area is 132 Å². The molecule has 0 unspecified atom stereocenters. The second kappa shape index (κ2) is 6.85. The molecule has 22 heavy (non-hydrogen) atoms. The van der Waals surface area contributed by atoms with E-state index in [2.05, 4.69) is 10.3 Å². The number of hydrogen-bond acceptors (Lipinski definition) is 6. The molecule has 0 fully saturated rings. The summed E-state index contributed by atoms with van der Waals surface area (Å²) in [6.45, 7) is 5.49. The van der Waals surface area contributed by atoms with Gasteiger partial charge in [0.15, 0.2) is 0 Å². The molecule has 2 rings (SSSR count). The van der Waals surface area contributed by atoms with Gasteiger partial charge in [0.05, 0.1) is 18.9 Å². The molecule has 118 valence electrons. The molecule has 1 N–H and O–H groups in total. The number of methoxy groups -OCH3 is 1. The van der Waals surface area contributed by atoms with Crippen molar-refractivity contribution in [1.82, 2.24) is 4.98 Å². The number of esters is 1. The van der Waals surface area contributed by atoms with Crippen LogP contribution < -0.4 is 5.32 Å². The van der Waals surface area contributed by atoms with Crippen LogP contribution in [0.4, 0.5) is 5.69 Å². The van der Waals surface area contributed by atoms with Crippen LogP contribution in [-0.2, 0) is 14.3 Å². The molecule has 2 aromatic heterocycles. The van der Waals surface area contributed by atoms with E-state index in [1.165, 1.54) is 18.4 Å². The number of hydrogen-bond donors (Lipinski definition) is 1. The molecule has 6 nitrogen and oxygen atoms in total. The normalized spacial score (nSPS) is 11.0. The highest BCUT2D eigenvalue weighted by molar-refractivity contribution is 7.21. The number of carbonyl (C=O) groups is 2. The number of anilines is 1. The first kappa shape index (κ1) is 16.4. The first-order valence-corrected chi connectivity index (χ1v) is 7.64. The number of nitrogens with one attached hydrogen (secondary N) is 1. The summed E-state index contributed by atoms with van der Waals surface area (Å²) in [5.41, 5.74) is 1.27. The Balaban J connectivity index is 2.37. The van der Waals surface area contributed by atoms with E-state index in [1.807, 2.05) is 32.9 Å². The monoisotopic (exact) mass is 322 g/mol. The van der Waals surface area contributed by atoms with E-state index in [0.29, 0.717) is 20.8 Å². The maximum atomic E-state index is 12.0. The summed E-state index contributed by atoms with van der Waals surface area (Å²) < 4.78 is 10.0. The molecule has 0 aliphatic carbocycles. The van der Waals surface area contributed by atoms with E-state index >= 15 is 0 Å². The van der Waals surface area contributed by atoms with Gasteiger partial charge in [-0.2, -0.15) is 0 Å². The van der Waals surface area contributed by atoms with Crippen LogP contribution in [0.5, 0.6) is 0 Å². The summed E-state index contributed by atoms with van der Waals surface area (Å²) >= 11 is 1.20. The minimum Gasteiger partial charge on any atom is -0.465 e. The molecule has 7 heteroatoms. The van der Waals surface area contributed by atoms with E-state index in [9.17, 15) is 9.59 Å². The molecule has 2 heterocycles. The zero-order valence-corrected chi connectivity index (χ0v) is 13.7. The van der Waals surface area contributed by atoms with Gasteiger partial charge in [-0.25, -0.2) is 9.78 Å². The van der Waals surface area contributed by atoms with Crippen LogP contribution in [0, 0.1) is 6.92 Å². The highest BCUT2D eigenvalue weighted by Gasteiger charge is 2.21. The number of nitrogens with zero attached hydrogens (tertiary/aromatic N) is 1. The highest BCUT2D eigenvalue weighted by atomic mass is 32.1. The molecule has 0 saturated heterocycles. The van der Waals surface area contributed by atoms with Gasteiger partial charge >= 0.3 is 5.97 Å². The van der Waals surface area contributed by atoms with Crippen LogP contribution in [0.1, 0.15) is 29.2 Å². The number of carbonyl (C=O) groups excluding carboxylic acids is 2. The Morgan fingerprint density at radius 3 is 2.73 bits per heavy atom. The molecule has 0 aliphatic heterocycles. The minimum absolute atomic E-state index is 0.0469. The number of thiophene rings is 1. The van der Waals surface area contributed by atoms with Crippen molar-refractivity contribution in [2.75, 3.05) is 19.0 Å². The average Bonchev–Trinajstić information content (AvgIpc) is 2.82. The SMILES string of the molecule is COC(=O)c1sc2nc(C)ccc2c1NC(=O)COC(C)C. The van der Waals surface area contributed by atoms with Crippen molar-refractivity contribution >= 4 is 39.1 Å². The predicted octanol–water partition coefficient (Wildman–Crippen LogP) is 2.75. The van der Waals surface area contributed by atoms with Gasteiger partial charge in [-0.1, -0.05) is 0 Å². The van der Waals surface area contributed by atoms with Crippen molar-refractivity contribution in [3.05, 3.63) is 22.7 Å². The largest absolute Gasteiger partial charge is 0.465 e. The van der Waals surface area contributed by atoms with E-state index < -0.39 is 5.97 Å². The Morgan fingerprint density at radius 2 is 2.09 bits per heavy atom. The lowest BCUT2D eigenvalue weighted by Crippen LogP contribution is -2.21. The topological polar surface area (TPSA) is 77.5 Å². The summed E-state index contributed by atoms with van der Waals surface area (Å²) in [7, 11) is 1.30. The van der Waals surface area contributed by atoms with Gasteiger partial charge in [-0.15, -0.1) is 11.3 Å². The number of pyridine rings is 1.